The second-order valence-corrected chi connectivity index (χ2v) is 8.22. The normalized spacial score (nSPS) is 14.8. The Balaban J connectivity index is 1.78. The summed E-state index contributed by atoms with van der Waals surface area (Å²) in [6, 6.07) is 11.2. The van der Waals surface area contributed by atoms with Crippen LogP contribution in [0.4, 0.5) is 11.5 Å². The first-order valence-corrected chi connectivity index (χ1v) is 11.1. The molecule has 174 valence electrons. The number of nitrogens with one attached hydrogen (secondary N) is 1. The topological polar surface area (TPSA) is 102 Å². The van der Waals surface area contributed by atoms with Crippen molar-refractivity contribution in [2.24, 2.45) is 7.05 Å². The molecule has 0 radical (unpaired) electrons. The number of fused-ring (bicyclic) bond motifs is 1. The molecule has 0 saturated heterocycles. The summed E-state index contributed by atoms with van der Waals surface area (Å²) in [5.74, 6) is 1.01. The summed E-state index contributed by atoms with van der Waals surface area (Å²) < 4.78 is 8.77. The molecule has 1 aliphatic heterocycles. The largest absolute Gasteiger partial charge is 0.452 e. The Morgan fingerprint density at radius 3 is 2.76 bits per heavy atom. The van der Waals surface area contributed by atoms with E-state index in [2.05, 4.69) is 17.2 Å². The third kappa shape index (κ3) is 4.60. The van der Waals surface area contributed by atoms with Crippen molar-refractivity contribution in [1.29, 1.82) is 0 Å². The molecule has 2 aromatic heterocycles. The van der Waals surface area contributed by atoms with Crippen LogP contribution in [0.1, 0.15) is 24.6 Å². The average Bonchev–Trinajstić information content (AvgIpc) is 3.17. The monoisotopic (exact) mass is 471 g/mol. The Bertz CT molecular complexity index is 1260. The summed E-state index contributed by atoms with van der Waals surface area (Å²) in [6.45, 7) is 2.31. The highest BCUT2D eigenvalue weighted by Crippen LogP contribution is 2.32. The van der Waals surface area contributed by atoms with E-state index in [0.717, 1.165) is 16.6 Å². The number of hydrogen-bond acceptors (Lipinski definition) is 7. The number of rotatable bonds is 8. The molecule has 3 aromatic rings. The molecule has 33 heavy (non-hydrogen) atoms. The van der Waals surface area contributed by atoms with E-state index in [9.17, 15) is 14.7 Å². The molecule has 1 atom stereocenters. The van der Waals surface area contributed by atoms with E-state index in [0.29, 0.717) is 34.4 Å². The van der Waals surface area contributed by atoms with Gasteiger partial charge in [-0.2, -0.15) is 0 Å². The molecule has 1 aromatic carbocycles. The number of aromatic nitrogens is 3. The van der Waals surface area contributed by atoms with E-state index in [1.54, 1.807) is 30.3 Å². The molecule has 10 heteroatoms. The lowest BCUT2D eigenvalue weighted by atomic mass is 10.2. The number of aliphatic hydroxyl groups is 1. The van der Waals surface area contributed by atoms with Gasteiger partial charge in [-0.15, -0.1) is 0 Å². The van der Waals surface area contributed by atoms with Crippen LogP contribution in [-0.2, 0) is 26.6 Å². The first kappa shape index (κ1) is 22.9. The summed E-state index contributed by atoms with van der Waals surface area (Å²) >= 11 is 5.98. The zero-order valence-corrected chi connectivity index (χ0v) is 19.2. The third-order valence-corrected chi connectivity index (χ3v) is 5.79. The number of aryl methyl sites for hydroxylation is 1. The van der Waals surface area contributed by atoms with Crippen LogP contribution >= 0.6 is 11.6 Å². The minimum absolute atomic E-state index is 0.117. The molecule has 1 unspecified atom stereocenters. The van der Waals surface area contributed by atoms with Crippen LogP contribution < -0.4 is 26.2 Å². The van der Waals surface area contributed by atoms with Crippen LogP contribution in [-0.4, -0.2) is 32.2 Å². The van der Waals surface area contributed by atoms with Gasteiger partial charge in [-0.1, -0.05) is 30.7 Å². The molecule has 1 aliphatic rings. The summed E-state index contributed by atoms with van der Waals surface area (Å²) in [7, 11) is 1.60. The lowest BCUT2D eigenvalue weighted by molar-refractivity contribution is 0.227. The molecule has 2 N–H and O–H groups in total. The zero-order valence-electron chi connectivity index (χ0n) is 18.5. The van der Waals surface area contributed by atoms with Gasteiger partial charge in [0, 0.05) is 26.4 Å². The highest BCUT2D eigenvalue weighted by atomic mass is 35.5. The van der Waals surface area contributed by atoms with Gasteiger partial charge in [-0.3, -0.25) is 18.9 Å². The molecule has 3 heterocycles. The molecule has 0 spiro atoms. The molecular weight excluding hydrogens is 446 g/mol. The van der Waals surface area contributed by atoms with Crippen LogP contribution in [0.2, 0.25) is 5.02 Å². The fraction of sp³-hybridized carbons (Fsp3) is 0.348. The summed E-state index contributed by atoms with van der Waals surface area (Å²) in [5.41, 5.74) is 1.20. The highest BCUT2D eigenvalue weighted by molar-refractivity contribution is 6.30. The quantitative estimate of drug-likeness (QED) is 0.520. The first-order valence-electron chi connectivity index (χ1n) is 10.8. The van der Waals surface area contributed by atoms with E-state index < -0.39 is 17.6 Å². The van der Waals surface area contributed by atoms with Gasteiger partial charge < -0.3 is 20.1 Å². The number of nitrogens with zero attached hydrogens (tertiary/aromatic N) is 4. The van der Waals surface area contributed by atoms with Crippen molar-refractivity contribution < 1.29 is 9.84 Å². The van der Waals surface area contributed by atoms with Gasteiger partial charge in [0.25, 0.3) is 11.9 Å². The van der Waals surface area contributed by atoms with Crippen molar-refractivity contribution in [1.82, 2.24) is 14.1 Å². The molecule has 0 amide bonds. The predicted octanol–water partition coefficient (Wildman–Crippen LogP) is 2.33. The van der Waals surface area contributed by atoms with Gasteiger partial charge in [0.15, 0.2) is 0 Å². The molecule has 4 rings (SSSR count). The smallest absolute Gasteiger partial charge is 0.332 e. The van der Waals surface area contributed by atoms with Gasteiger partial charge in [0.2, 0.25) is 0 Å². The Morgan fingerprint density at radius 1 is 1.24 bits per heavy atom. The minimum Gasteiger partial charge on any atom is -0.452 e. The van der Waals surface area contributed by atoms with Crippen molar-refractivity contribution in [3.05, 3.63) is 79.7 Å². The SMILES string of the molecule is CCc1cccc(OC2Nc3c(c(=O)n(CCCO)c(=O)n3C)N2Cc2ccc(Cl)cn2)c1. The van der Waals surface area contributed by atoms with Gasteiger partial charge in [-0.05, 0) is 42.7 Å². The maximum absolute atomic E-state index is 13.4. The second-order valence-electron chi connectivity index (χ2n) is 7.78. The number of pyridine rings is 1. The van der Waals surface area contributed by atoms with Crippen LogP contribution in [0, 0.1) is 0 Å². The van der Waals surface area contributed by atoms with E-state index in [-0.39, 0.29) is 19.7 Å². The van der Waals surface area contributed by atoms with Gasteiger partial charge in [-0.25, -0.2) is 4.79 Å². The summed E-state index contributed by atoms with van der Waals surface area (Å²) in [6.07, 6.45) is 1.96. The lowest BCUT2D eigenvalue weighted by Gasteiger charge is -2.26. The van der Waals surface area contributed by atoms with E-state index in [1.807, 2.05) is 24.3 Å². The maximum atomic E-state index is 13.4. The van der Waals surface area contributed by atoms with Gasteiger partial charge in [0.05, 0.1) is 17.3 Å². The average molecular weight is 472 g/mol. The van der Waals surface area contributed by atoms with E-state index in [4.69, 9.17) is 16.3 Å². The fourth-order valence-corrected chi connectivity index (χ4v) is 3.92. The van der Waals surface area contributed by atoms with Crippen LogP contribution in [0.3, 0.4) is 0 Å². The standard InChI is InChI=1S/C23H26ClN5O4/c1-3-15-6-4-7-18(12-15)33-22-26-20-19(29(22)14-17-9-8-16(24)13-25-17)21(31)28(10-5-11-30)23(32)27(20)2/h4,6-9,12-13,22,26,30H,3,5,10-11,14H2,1-2H3. The molecular formula is C23H26ClN5O4. The number of aliphatic hydroxyl groups excluding tert-OH is 1. The second kappa shape index (κ2) is 9.68. The van der Waals surface area contributed by atoms with Crippen molar-refractivity contribution in [3.8, 4) is 5.75 Å². The number of anilines is 2. The van der Waals surface area contributed by atoms with Crippen molar-refractivity contribution in [3.63, 3.8) is 0 Å². The lowest BCUT2D eigenvalue weighted by Crippen LogP contribution is -2.43. The Labute approximate surface area is 195 Å². The van der Waals surface area contributed by atoms with Crippen molar-refractivity contribution in [2.75, 3.05) is 16.8 Å². The molecule has 0 bridgehead atoms. The fourth-order valence-electron chi connectivity index (χ4n) is 3.81. The number of halogens is 1. The minimum atomic E-state index is -0.739. The summed E-state index contributed by atoms with van der Waals surface area (Å²) in [5, 5.41) is 12.9. The highest BCUT2D eigenvalue weighted by Gasteiger charge is 2.36. The Hall–Kier alpha value is -3.30. The van der Waals surface area contributed by atoms with Crippen LogP contribution in [0.15, 0.2) is 52.2 Å². The number of ether oxygens (including phenoxy) is 1. The Kier molecular flexibility index (Phi) is 6.71. The number of hydrogen-bond donors (Lipinski definition) is 2. The van der Waals surface area contributed by atoms with E-state index in [1.165, 1.54) is 4.57 Å². The maximum Gasteiger partial charge on any atom is 0.332 e. The summed E-state index contributed by atoms with van der Waals surface area (Å²) in [4.78, 5) is 32.3. The van der Waals surface area contributed by atoms with Gasteiger partial charge in [0.1, 0.15) is 17.3 Å². The third-order valence-electron chi connectivity index (χ3n) is 5.57. The van der Waals surface area contributed by atoms with Crippen molar-refractivity contribution >= 4 is 23.1 Å². The van der Waals surface area contributed by atoms with Gasteiger partial charge >= 0.3 is 5.69 Å². The predicted molar refractivity (Wildman–Crippen MR) is 127 cm³/mol. The molecule has 0 fully saturated rings. The zero-order chi connectivity index (χ0) is 23.5. The molecule has 0 aliphatic carbocycles. The number of benzene rings is 1. The molecule has 9 nitrogen and oxygen atoms in total. The Morgan fingerprint density at radius 2 is 2.06 bits per heavy atom. The first-order chi connectivity index (χ1) is 15.9. The molecule has 0 saturated carbocycles. The van der Waals surface area contributed by atoms with Crippen molar-refractivity contribution in [2.45, 2.75) is 39.2 Å². The van der Waals surface area contributed by atoms with Crippen LogP contribution in [0.25, 0.3) is 0 Å². The van der Waals surface area contributed by atoms with E-state index >= 15 is 0 Å². The van der Waals surface area contributed by atoms with Crippen LogP contribution in [0.5, 0.6) is 5.75 Å².